The van der Waals surface area contributed by atoms with E-state index in [4.69, 9.17) is 43.9 Å². The van der Waals surface area contributed by atoms with Crippen LogP contribution in [-0.2, 0) is 18.4 Å². The Bertz CT molecular complexity index is 566. The third-order valence-electron chi connectivity index (χ3n) is 2.67. The largest absolute Gasteiger partial charge is 0.353 e. The quantitative estimate of drug-likeness (QED) is 0.587. The van der Waals surface area contributed by atoms with Crippen molar-refractivity contribution in [3.8, 4) is 0 Å². The molecule has 1 atom stereocenters. The summed E-state index contributed by atoms with van der Waals surface area (Å²) in [6.45, 7) is 0. The van der Waals surface area contributed by atoms with Crippen molar-refractivity contribution in [2.75, 3.05) is 14.2 Å². The molecule has 0 radical (unpaired) electrons. The molecule has 1 amide bonds. The molecule has 1 N–H and O–H groups in total. The van der Waals surface area contributed by atoms with Crippen LogP contribution >= 0.6 is 42.4 Å². The third-order valence-corrected chi connectivity index (χ3v) is 4.74. The molecule has 0 unspecified atom stereocenters. The van der Waals surface area contributed by atoms with Gasteiger partial charge < -0.3 is 14.4 Å². The Morgan fingerprint density at radius 1 is 1.23 bits per heavy atom. The van der Waals surface area contributed by atoms with Gasteiger partial charge in [-0.05, 0) is 11.6 Å². The predicted octanol–water partition coefficient (Wildman–Crippen LogP) is 4.21. The van der Waals surface area contributed by atoms with Gasteiger partial charge in [0.1, 0.15) is 0 Å². The smallest absolute Gasteiger partial charge is 0.342 e. The minimum atomic E-state index is -3.37. The first-order valence-corrected chi connectivity index (χ1v) is 8.79. The summed E-state index contributed by atoms with van der Waals surface area (Å²) >= 11 is 16.7. The highest BCUT2D eigenvalue weighted by molar-refractivity contribution is 7.57. The molecule has 1 aromatic carbocycles. The molecule has 122 valence electrons. The van der Waals surface area contributed by atoms with Crippen molar-refractivity contribution in [3.05, 3.63) is 47.8 Å². The second kappa shape index (κ2) is 8.34. The number of carbonyl (C=O) groups is 1. The molecule has 9 heteroatoms. The highest BCUT2D eigenvalue weighted by Crippen LogP contribution is 2.48. The molecule has 0 fully saturated rings. The van der Waals surface area contributed by atoms with Crippen LogP contribution < -0.4 is 5.32 Å². The molecule has 0 heterocycles. The minimum absolute atomic E-state index is 0.664. The van der Waals surface area contributed by atoms with Crippen molar-refractivity contribution in [1.82, 2.24) is 5.32 Å². The molecular weight excluding hydrogens is 371 g/mol. The normalized spacial score (nSPS) is 14.0. The molecule has 0 aliphatic rings. The summed E-state index contributed by atoms with van der Waals surface area (Å²) in [5, 5.41) is 2.54. The number of nitrogens with one attached hydrogen (secondary N) is 1. The number of alkyl halides is 3. The van der Waals surface area contributed by atoms with Crippen molar-refractivity contribution in [2.45, 2.75) is 9.83 Å². The number of hydrogen-bond donors (Lipinski definition) is 1. The molecule has 0 bridgehead atoms. The molecule has 0 aromatic heterocycles. The fourth-order valence-electron chi connectivity index (χ4n) is 1.51. The van der Waals surface area contributed by atoms with Gasteiger partial charge in [0.2, 0.25) is 0 Å². The summed E-state index contributed by atoms with van der Waals surface area (Å²) < 4.78 is 19.5. The van der Waals surface area contributed by atoms with Gasteiger partial charge in [0, 0.05) is 20.0 Å². The predicted molar refractivity (Wildman–Crippen MR) is 88.4 cm³/mol. The number of benzene rings is 1. The lowest BCUT2D eigenvalue weighted by atomic mass is 10.1. The first-order chi connectivity index (χ1) is 10.2. The number of rotatable bonds is 6. The standard InChI is InChI=1S/C13H15Cl3NO4P/c1-20-22(19,21-2)9-8-11(10-6-4-3-5-7-10)17-12(18)13(14,15)16/h3-9,11H,1-2H3,(H,17,18)/b9-8+/t11-/m1/s1. The lowest BCUT2D eigenvalue weighted by molar-refractivity contribution is -0.120. The summed E-state index contributed by atoms with van der Waals surface area (Å²) in [6, 6.07) is 8.24. The SMILES string of the molecule is COP(=O)(/C=C/[C@@H](NC(=O)C(Cl)(Cl)Cl)c1ccccc1)OC. The molecule has 0 saturated heterocycles. The van der Waals surface area contributed by atoms with Gasteiger partial charge in [-0.2, -0.15) is 0 Å². The lowest BCUT2D eigenvalue weighted by Crippen LogP contribution is -2.36. The van der Waals surface area contributed by atoms with Gasteiger partial charge in [0.25, 0.3) is 9.70 Å². The topological polar surface area (TPSA) is 64.6 Å². The summed E-state index contributed by atoms with van der Waals surface area (Å²) in [7, 11) is -0.858. The van der Waals surface area contributed by atoms with Crippen LogP contribution in [0.1, 0.15) is 11.6 Å². The van der Waals surface area contributed by atoms with E-state index in [1.54, 1.807) is 24.3 Å². The Morgan fingerprint density at radius 3 is 2.23 bits per heavy atom. The Labute approximate surface area is 144 Å². The second-order valence-corrected chi connectivity index (χ2v) is 8.50. The van der Waals surface area contributed by atoms with Crippen LogP contribution in [0.25, 0.3) is 0 Å². The van der Waals surface area contributed by atoms with Crippen molar-refractivity contribution in [2.24, 2.45) is 0 Å². The Morgan fingerprint density at radius 2 is 1.77 bits per heavy atom. The van der Waals surface area contributed by atoms with E-state index in [1.807, 2.05) is 6.07 Å². The van der Waals surface area contributed by atoms with Crippen LogP contribution in [0.4, 0.5) is 0 Å². The first kappa shape index (κ1) is 19.5. The summed E-state index contributed by atoms with van der Waals surface area (Å²) in [5.41, 5.74) is 0.708. The number of carbonyl (C=O) groups excluding carboxylic acids is 1. The van der Waals surface area contributed by atoms with E-state index in [-0.39, 0.29) is 0 Å². The van der Waals surface area contributed by atoms with Crippen LogP contribution in [0.2, 0.25) is 0 Å². The van der Waals surface area contributed by atoms with Crippen LogP contribution in [0.5, 0.6) is 0 Å². The Balaban J connectivity index is 3.06. The highest BCUT2D eigenvalue weighted by atomic mass is 35.6. The number of hydrogen-bond acceptors (Lipinski definition) is 4. The zero-order valence-corrected chi connectivity index (χ0v) is 15.0. The molecule has 5 nitrogen and oxygen atoms in total. The zero-order chi connectivity index (χ0) is 16.8. The molecule has 0 spiro atoms. The van der Waals surface area contributed by atoms with Crippen molar-refractivity contribution in [1.29, 1.82) is 0 Å². The lowest BCUT2D eigenvalue weighted by Gasteiger charge is -2.19. The Hall–Kier alpha value is -0.550. The van der Waals surface area contributed by atoms with Crippen LogP contribution in [0.15, 0.2) is 42.2 Å². The van der Waals surface area contributed by atoms with Gasteiger partial charge in [0.05, 0.1) is 6.04 Å². The van der Waals surface area contributed by atoms with Crippen molar-refractivity contribution >= 4 is 48.3 Å². The van der Waals surface area contributed by atoms with Gasteiger partial charge >= 0.3 is 7.60 Å². The third kappa shape index (κ3) is 5.92. The Kier molecular flexibility index (Phi) is 7.39. The number of halogens is 3. The molecule has 1 aromatic rings. The maximum Gasteiger partial charge on any atom is 0.353 e. The molecule has 0 saturated carbocycles. The van der Waals surface area contributed by atoms with E-state index < -0.39 is 23.3 Å². The maximum absolute atomic E-state index is 12.0. The van der Waals surface area contributed by atoms with E-state index >= 15 is 0 Å². The van der Waals surface area contributed by atoms with E-state index in [0.717, 1.165) is 0 Å². The van der Waals surface area contributed by atoms with Gasteiger partial charge in [0.15, 0.2) is 0 Å². The summed E-state index contributed by atoms with van der Waals surface area (Å²) in [5.74, 6) is 0.434. The highest BCUT2D eigenvalue weighted by Gasteiger charge is 2.32. The molecular formula is C13H15Cl3NO4P. The molecule has 1 rings (SSSR count). The minimum Gasteiger partial charge on any atom is -0.342 e. The van der Waals surface area contributed by atoms with E-state index in [0.29, 0.717) is 5.56 Å². The number of amides is 1. The second-order valence-electron chi connectivity index (χ2n) is 4.11. The summed E-state index contributed by atoms with van der Waals surface area (Å²) in [4.78, 5) is 11.8. The van der Waals surface area contributed by atoms with Gasteiger partial charge in [-0.15, -0.1) is 0 Å². The maximum atomic E-state index is 12.0. The average Bonchev–Trinajstić information content (AvgIpc) is 2.50. The van der Waals surface area contributed by atoms with E-state index in [9.17, 15) is 9.36 Å². The van der Waals surface area contributed by atoms with Crippen molar-refractivity contribution < 1.29 is 18.4 Å². The van der Waals surface area contributed by atoms with E-state index in [2.05, 4.69) is 5.32 Å². The first-order valence-electron chi connectivity index (χ1n) is 6.05. The van der Waals surface area contributed by atoms with E-state index in [1.165, 1.54) is 26.1 Å². The van der Waals surface area contributed by atoms with Crippen LogP contribution in [0, 0.1) is 0 Å². The van der Waals surface area contributed by atoms with Crippen LogP contribution in [0.3, 0.4) is 0 Å². The van der Waals surface area contributed by atoms with Gasteiger partial charge in [-0.1, -0.05) is 65.1 Å². The van der Waals surface area contributed by atoms with Gasteiger partial charge in [-0.25, -0.2) is 0 Å². The summed E-state index contributed by atoms with van der Waals surface area (Å²) in [6.07, 6.45) is 1.46. The zero-order valence-electron chi connectivity index (χ0n) is 11.8. The van der Waals surface area contributed by atoms with Gasteiger partial charge in [-0.3, -0.25) is 9.36 Å². The average molecular weight is 387 g/mol. The monoisotopic (exact) mass is 385 g/mol. The molecule has 0 aliphatic carbocycles. The fraction of sp³-hybridized carbons (Fsp3) is 0.308. The molecule has 22 heavy (non-hydrogen) atoms. The van der Waals surface area contributed by atoms with Crippen molar-refractivity contribution in [3.63, 3.8) is 0 Å². The fourth-order valence-corrected chi connectivity index (χ4v) is 2.45. The van der Waals surface area contributed by atoms with Crippen LogP contribution in [-0.4, -0.2) is 23.9 Å². The molecule has 0 aliphatic heterocycles.